The van der Waals surface area contributed by atoms with Crippen molar-refractivity contribution in [3.8, 4) is 6.07 Å². The van der Waals surface area contributed by atoms with Gasteiger partial charge in [-0.15, -0.1) is 0 Å². The summed E-state index contributed by atoms with van der Waals surface area (Å²) in [6.45, 7) is 0. The van der Waals surface area contributed by atoms with Crippen LogP contribution in [0.25, 0.3) is 0 Å². The quantitative estimate of drug-likeness (QED) is 0.763. The molecule has 1 aromatic heterocycles. The maximum absolute atomic E-state index is 13.1. The first-order valence-corrected chi connectivity index (χ1v) is 7.30. The normalized spacial score (nSPS) is 9.92. The minimum atomic E-state index is -0.373. The summed E-state index contributed by atoms with van der Waals surface area (Å²) < 4.78 is 13.1. The van der Waals surface area contributed by atoms with Gasteiger partial charge in [0.1, 0.15) is 5.82 Å². The van der Waals surface area contributed by atoms with Crippen molar-refractivity contribution in [1.29, 1.82) is 5.26 Å². The van der Waals surface area contributed by atoms with Crippen LogP contribution in [0.4, 0.5) is 21.7 Å². The molecule has 0 radical (unpaired) electrons. The van der Waals surface area contributed by atoms with Gasteiger partial charge in [-0.3, -0.25) is 4.79 Å². The molecular weight excluding hydrogens is 321 g/mol. The van der Waals surface area contributed by atoms with Crippen LogP contribution in [-0.4, -0.2) is 15.9 Å². The van der Waals surface area contributed by atoms with Gasteiger partial charge in [-0.1, -0.05) is 6.07 Å². The third-order valence-corrected chi connectivity index (χ3v) is 3.27. The Morgan fingerprint density at radius 2 is 1.76 bits per heavy atom. The van der Waals surface area contributed by atoms with Crippen molar-refractivity contribution in [3.05, 3.63) is 77.9 Å². The SMILES string of the molecule is N#Cc1ccc(NC(=O)c2cnc(Nc3cccc(F)c3)nc2)cc1. The largest absolute Gasteiger partial charge is 0.324 e. The van der Waals surface area contributed by atoms with E-state index in [0.717, 1.165) is 0 Å². The molecule has 0 aliphatic heterocycles. The molecule has 0 atom stereocenters. The first-order chi connectivity index (χ1) is 12.1. The van der Waals surface area contributed by atoms with Gasteiger partial charge in [-0.2, -0.15) is 5.26 Å². The summed E-state index contributed by atoms with van der Waals surface area (Å²) in [6, 6.07) is 14.4. The molecule has 0 aliphatic carbocycles. The molecular formula is C18H12FN5O. The van der Waals surface area contributed by atoms with Gasteiger partial charge in [0.15, 0.2) is 0 Å². The fraction of sp³-hybridized carbons (Fsp3) is 0. The number of nitrogens with zero attached hydrogens (tertiary/aromatic N) is 3. The van der Waals surface area contributed by atoms with Gasteiger partial charge >= 0.3 is 0 Å². The lowest BCUT2D eigenvalue weighted by molar-refractivity contribution is 0.102. The fourth-order valence-electron chi connectivity index (χ4n) is 2.04. The monoisotopic (exact) mass is 333 g/mol. The predicted octanol–water partition coefficient (Wildman–Crippen LogP) is 3.48. The Morgan fingerprint density at radius 1 is 1.04 bits per heavy atom. The smallest absolute Gasteiger partial charge is 0.258 e. The Morgan fingerprint density at radius 3 is 2.40 bits per heavy atom. The van der Waals surface area contributed by atoms with Crippen LogP contribution in [0.1, 0.15) is 15.9 Å². The Hall–Kier alpha value is -3.79. The number of hydrogen-bond acceptors (Lipinski definition) is 5. The van der Waals surface area contributed by atoms with Crippen LogP contribution in [0.15, 0.2) is 60.9 Å². The predicted molar refractivity (Wildman–Crippen MR) is 90.8 cm³/mol. The standard InChI is InChI=1S/C18H12FN5O/c19-14-2-1-3-16(8-14)24-18-21-10-13(11-22-18)17(25)23-15-6-4-12(9-20)5-7-15/h1-8,10-11H,(H,23,25)(H,21,22,24). The number of carbonyl (C=O) groups is 1. The minimum absolute atomic E-state index is 0.250. The number of hydrogen-bond donors (Lipinski definition) is 2. The first-order valence-electron chi connectivity index (χ1n) is 7.30. The summed E-state index contributed by atoms with van der Waals surface area (Å²) in [7, 11) is 0. The van der Waals surface area contributed by atoms with Crippen LogP contribution in [0, 0.1) is 17.1 Å². The van der Waals surface area contributed by atoms with Gasteiger partial charge in [0.25, 0.3) is 5.91 Å². The van der Waals surface area contributed by atoms with E-state index in [-0.39, 0.29) is 23.2 Å². The summed E-state index contributed by atoms with van der Waals surface area (Å²) in [4.78, 5) is 20.2. The molecule has 0 fully saturated rings. The van der Waals surface area contributed by atoms with E-state index in [1.54, 1.807) is 36.4 Å². The number of carbonyl (C=O) groups excluding carboxylic acids is 1. The number of anilines is 3. The molecule has 1 heterocycles. The van der Waals surface area contributed by atoms with E-state index < -0.39 is 0 Å². The molecule has 0 unspecified atom stereocenters. The second kappa shape index (κ2) is 7.19. The van der Waals surface area contributed by atoms with E-state index in [2.05, 4.69) is 20.6 Å². The molecule has 0 bridgehead atoms. The van der Waals surface area contributed by atoms with Crippen molar-refractivity contribution < 1.29 is 9.18 Å². The summed E-state index contributed by atoms with van der Waals surface area (Å²) in [5, 5.41) is 14.3. The summed E-state index contributed by atoms with van der Waals surface area (Å²) in [5.41, 5.74) is 1.85. The van der Waals surface area contributed by atoms with Crippen LogP contribution in [0.5, 0.6) is 0 Å². The Bertz CT molecular complexity index is 933. The number of halogens is 1. The number of nitrogens with one attached hydrogen (secondary N) is 2. The van der Waals surface area contributed by atoms with Crippen molar-refractivity contribution in [1.82, 2.24) is 9.97 Å². The third-order valence-electron chi connectivity index (χ3n) is 3.27. The molecule has 2 N–H and O–H groups in total. The van der Waals surface area contributed by atoms with Crippen LogP contribution in [0.3, 0.4) is 0 Å². The Labute approximate surface area is 143 Å². The number of amides is 1. The number of aromatic nitrogens is 2. The van der Waals surface area contributed by atoms with E-state index in [0.29, 0.717) is 16.9 Å². The molecule has 6 nitrogen and oxygen atoms in total. The second-order valence-electron chi connectivity index (χ2n) is 5.07. The first kappa shape index (κ1) is 16.1. The van der Waals surface area contributed by atoms with E-state index in [4.69, 9.17) is 5.26 Å². The van der Waals surface area contributed by atoms with Crippen molar-refractivity contribution >= 4 is 23.2 Å². The van der Waals surface area contributed by atoms with Gasteiger partial charge in [0, 0.05) is 23.8 Å². The van der Waals surface area contributed by atoms with Gasteiger partial charge < -0.3 is 10.6 Å². The molecule has 3 rings (SSSR count). The van der Waals surface area contributed by atoms with Gasteiger partial charge in [0.2, 0.25) is 5.95 Å². The minimum Gasteiger partial charge on any atom is -0.324 e. The highest BCUT2D eigenvalue weighted by Gasteiger charge is 2.08. The maximum Gasteiger partial charge on any atom is 0.258 e. The van der Waals surface area contributed by atoms with Gasteiger partial charge in [-0.25, -0.2) is 14.4 Å². The number of rotatable bonds is 4. The molecule has 2 aromatic carbocycles. The lowest BCUT2D eigenvalue weighted by Crippen LogP contribution is -2.13. The maximum atomic E-state index is 13.1. The van der Waals surface area contributed by atoms with Crippen molar-refractivity contribution in [2.75, 3.05) is 10.6 Å². The zero-order valence-corrected chi connectivity index (χ0v) is 12.9. The lowest BCUT2D eigenvalue weighted by Gasteiger charge is -2.07. The lowest BCUT2D eigenvalue weighted by atomic mass is 10.2. The fourth-order valence-corrected chi connectivity index (χ4v) is 2.04. The summed E-state index contributed by atoms with van der Waals surface area (Å²) >= 11 is 0. The molecule has 0 saturated heterocycles. The molecule has 25 heavy (non-hydrogen) atoms. The zero-order chi connectivity index (χ0) is 17.6. The molecule has 0 spiro atoms. The molecule has 3 aromatic rings. The van der Waals surface area contributed by atoms with Gasteiger partial charge in [-0.05, 0) is 42.5 Å². The van der Waals surface area contributed by atoms with Crippen molar-refractivity contribution in [2.24, 2.45) is 0 Å². The zero-order valence-electron chi connectivity index (χ0n) is 12.9. The summed E-state index contributed by atoms with van der Waals surface area (Å²) in [5.74, 6) is -0.494. The molecule has 7 heteroatoms. The number of benzene rings is 2. The summed E-state index contributed by atoms with van der Waals surface area (Å²) in [6.07, 6.45) is 2.74. The molecule has 122 valence electrons. The highest BCUT2D eigenvalue weighted by Crippen LogP contribution is 2.14. The van der Waals surface area contributed by atoms with E-state index in [1.807, 2.05) is 6.07 Å². The van der Waals surface area contributed by atoms with Gasteiger partial charge in [0.05, 0.1) is 17.2 Å². The van der Waals surface area contributed by atoms with Crippen LogP contribution in [-0.2, 0) is 0 Å². The number of nitriles is 1. The molecule has 1 amide bonds. The van der Waals surface area contributed by atoms with Crippen molar-refractivity contribution in [2.45, 2.75) is 0 Å². The third kappa shape index (κ3) is 4.14. The Balaban J connectivity index is 1.66. The molecule has 0 aliphatic rings. The Kier molecular flexibility index (Phi) is 4.62. The van der Waals surface area contributed by atoms with Crippen LogP contribution in [0.2, 0.25) is 0 Å². The van der Waals surface area contributed by atoms with E-state index in [1.165, 1.54) is 24.5 Å². The average Bonchev–Trinajstić information content (AvgIpc) is 2.63. The molecule has 0 saturated carbocycles. The average molecular weight is 333 g/mol. The highest BCUT2D eigenvalue weighted by atomic mass is 19.1. The van der Waals surface area contributed by atoms with Crippen LogP contribution < -0.4 is 10.6 Å². The van der Waals surface area contributed by atoms with Crippen molar-refractivity contribution in [3.63, 3.8) is 0 Å². The van der Waals surface area contributed by atoms with Crippen LogP contribution >= 0.6 is 0 Å². The second-order valence-corrected chi connectivity index (χ2v) is 5.07. The van der Waals surface area contributed by atoms with E-state index >= 15 is 0 Å². The van der Waals surface area contributed by atoms with E-state index in [9.17, 15) is 9.18 Å². The highest BCUT2D eigenvalue weighted by molar-refractivity contribution is 6.03. The topological polar surface area (TPSA) is 90.7 Å².